The number of alkyl halides is 3. The molecule has 0 aliphatic heterocycles. The van der Waals surface area contributed by atoms with Gasteiger partial charge in [-0.1, -0.05) is 6.07 Å². The molecule has 22 heavy (non-hydrogen) atoms. The number of halogens is 3. The van der Waals surface area contributed by atoms with E-state index in [0.717, 1.165) is 6.07 Å². The molecule has 0 spiro atoms. The van der Waals surface area contributed by atoms with Crippen LogP contribution in [0.25, 0.3) is 0 Å². The zero-order valence-corrected chi connectivity index (χ0v) is 13.2. The number of nitrogens with two attached hydrogens (primary N) is 1. The average molecular weight is 317 g/mol. The summed E-state index contributed by atoms with van der Waals surface area (Å²) in [4.78, 5) is 3.91. The van der Waals surface area contributed by atoms with Gasteiger partial charge in [0.15, 0.2) is 5.96 Å². The highest BCUT2D eigenvalue weighted by atomic mass is 19.4. The van der Waals surface area contributed by atoms with Gasteiger partial charge in [-0.05, 0) is 45.4 Å². The van der Waals surface area contributed by atoms with E-state index in [-0.39, 0.29) is 23.8 Å². The molecule has 0 radical (unpaired) electrons. The summed E-state index contributed by atoms with van der Waals surface area (Å²) < 4.78 is 45.0. The standard InChI is InChI=1S/C15H22F3N3O/c1-5-20-13(19)21-9-10-6-7-11(22-14(2,3)4)8-12(10)15(16,17)18/h6-8H,5,9H2,1-4H3,(H3,19,20,21). The Kier molecular flexibility index (Phi) is 5.68. The van der Waals surface area contributed by atoms with Crippen LogP contribution in [0.3, 0.4) is 0 Å². The van der Waals surface area contributed by atoms with Crippen molar-refractivity contribution < 1.29 is 17.9 Å². The first-order valence-electron chi connectivity index (χ1n) is 6.96. The van der Waals surface area contributed by atoms with Crippen LogP contribution >= 0.6 is 0 Å². The first-order chi connectivity index (χ1) is 10.0. The Morgan fingerprint density at radius 2 is 1.91 bits per heavy atom. The second-order valence-electron chi connectivity index (χ2n) is 5.76. The molecule has 1 aromatic carbocycles. The zero-order valence-electron chi connectivity index (χ0n) is 13.2. The van der Waals surface area contributed by atoms with Crippen LogP contribution in [0, 0.1) is 0 Å². The maximum absolute atomic E-state index is 13.2. The highest BCUT2D eigenvalue weighted by Crippen LogP contribution is 2.35. The molecule has 0 saturated heterocycles. The topological polar surface area (TPSA) is 59.6 Å². The number of nitrogens with one attached hydrogen (secondary N) is 1. The molecule has 0 fully saturated rings. The fraction of sp³-hybridized carbons (Fsp3) is 0.533. The van der Waals surface area contributed by atoms with Crippen molar-refractivity contribution in [1.82, 2.24) is 5.32 Å². The summed E-state index contributed by atoms with van der Waals surface area (Å²) in [6.07, 6.45) is -4.48. The van der Waals surface area contributed by atoms with Crippen molar-refractivity contribution in [2.24, 2.45) is 10.7 Å². The number of rotatable bonds is 4. The molecule has 3 N–H and O–H groups in total. The molecule has 0 amide bonds. The van der Waals surface area contributed by atoms with E-state index in [1.54, 1.807) is 20.8 Å². The molecule has 4 nitrogen and oxygen atoms in total. The van der Waals surface area contributed by atoms with Crippen LogP contribution in [0.15, 0.2) is 23.2 Å². The fourth-order valence-corrected chi connectivity index (χ4v) is 1.78. The van der Waals surface area contributed by atoms with E-state index in [1.807, 2.05) is 6.92 Å². The van der Waals surface area contributed by atoms with Gasteiger partial charge in [-0.3, -0.25) is 0 Å². The molecule has 0 unspecified atom stereocenters. The molecule has 1 rings (SSSR count). The van der Waals surface area contributed by atoms with E-state index in [4.69, 9.17) is 10.5 Å². The van der Waals surface area contributed by atoms with Crippen LogP contribution in [0.5, 0.6) is 5.75 Å². The predicted octanol–water partition coefficient (Wildman–Crippen LogP) is 3.31. The van der Waals surface area contributed by atoms with Crippen molar-refractivity contribution >= 4 is 5.96 Å². The van der Waals surface area contributed by atoms with Crippen molar-refractivity contribution in [3.05, 3.63) is 29.3 Å². The normalized spacial score (nSPS) is 13.1. The second kappa shape index (κ2) is 6.89. The van der Waals surface area contributed by atoms with Crippen LogP contribution in [-0.2, 0) is 12.7 Å². The van der Waals surface area contributed by atoms with Crippen molar-refractivity contribution in [3.63, 3.8) is 0 Å². The molecule has 0 bridgehead atoms. The Balaban J connectivity index is 3.10. The van der Waals surface area contributed by atoms with Gasteiger partial charge in [-0.25, -0.2) is 4.99 Å². The van der Waals surface area contributed by atoms with E-state index in [1.165, 1.54) is 12.1 Å². The molecule has 124 valence electrons. The van der Waals surface area contributed by atoms with Crippen molar-refractivity contribution in [1.29, 1.82) is 0 Å². The summed E-state index contributed by atoms with van der Waals surface area (Å²) in [6.45, 7) is 7.55. The lowest BCUT2D eigenvalue weighted by atomic mass is 10.1. The molecule has 0 atom stereocenters. The van der Waals surface area contributed by atoms with Crippen LogP contribution in [0.4, 0.5) is 13.2 Å². The summed E-state index contributed by atoms with van der Waals surface area (Å²) in [6, 6.07) is 3.88. The molecule has 0 aliphatic carbocycles. The zero-order chi connectivity index (χ0) is 17.0. The summed E-state index contributed by atoms with van der Waals surface area (Å²) in [5.74, 6) is 0.290. The first-order valence-corrected chi connectivity index (χ1v) is 6.96. The molecular weight excluding hydrogens is 295 g/mol. The van der Waals surface area contributed by atoms with E-state index in [0.29, 0.717) is 6.54 Å². The Morgan fingerprint density at radius 3 is 2.41 bits per heavy atom. The van der Waals surface area contributed by atoms with E-state index in [2.05, 4.69) is 10.3 Å². The van der Waals surface area contributed by atoms with Gasteiger partial charge < -0.3 is 15.8 Å². The number of guanidine groups is 1. The van der Waals surface area contributed by atoms with Gasteiger partial charge >= 0.3 is 6.18 Å². The van der Waals surface area contributed by atoms with Gasteiger partial charge in [-0.15, -0.1) is 0 Å². The monoisotopic (exact) mass is 317 g/mol. The van der Waals surface area contributed by atoms with Gasteiger partial charge in [0, 0.05) is 6.54 Å². The Bertz CT molecular complexity index is 534. The third kappa shape index (κ3) is 5.83. The van der Waals surface area contributed by atoms with Gasteiger partial charge in [0.25, 0.3) is 0 Å². The van der Waals surface area contributed by atoms with Gasteiger partial charge in [0.1, 0.15) is 11.4 Å². The molecule has 0 saturated carbocycles. The van der Waals surface area contributed by atoms with Crippen LogP contribution in [0.1, 0.15) is 38.8 Å². The third-order valence-electron chi connectivity index (χ3n) is 2.59. The first kappa shape index (κ1) is 18.1. The summed E-state index contributed by atoms with van der Waals surface area (Å²) in [7, 11) is 0. The van der Waals surface area contributed by atoms with Gasteiger partial charge in [0.05, 0.1) is 12.1 Å². The number of hydrogen-bond acceptors (Lipinski definition) is 2. The van der Waals surface area contributed by atoms with E-state index in [9.17, 15) is 13.2 Å². The number of hydrogen-bond donors (Lipinski definition) is 2. The smallest absolute Gasteiger partial charge is 0.416 e. The Hall–Kier alpha value is -1.92. The molecule has 1 aromatic rings. The average Bonchev–Trinajstić information content (AvgIpc) is 2.34. The Labute approximate surface area is 128 Å². The molecule has 0 aliphatic rings. The SMILES string of the molecule is CCNC(N)=NCc1ccc(OC(C)(C)C)cc1C(F)(F)F. The minimum absolute atomic E-state index is 0.0506. The van der Waals surface area contributed by atoms with Crippen molar-refractivity contribution in [3.8, 4) is 5.75 Å². The fourth-order valence-electron chi connectivity index (χ4n) is 1.78. The highest BCUT2D eigenvalue weighted by molar-refractivity contribution is 5.77. The molecule has 0 heterocycles. The van der Waals surface area contributed by atoms with Crippen LogP contribution in [-0.4, -0.2) is 18.1 Å². The van der Waals surface area contributed by atoms with Crippen LogP contribution < -0.4 is 15.8 Å². The molecule has 7 heteroatoms. The molecular formula is C15H22F3N3O. The predicted molar refractivity (Wildman–Crippen MR) is 80.8 cm³/mol. The van der Waals surface area contributed by atoms with E-state index >= 15 is 0 Å². The lowest BCUT2D eigenvalue weighted by molar-refractivity contribution is -0.138. The lowest BCUT2D eigenvalue weighted by Crippen LogP contribution is -2.31. The Morgan fingerprint density at radius 1 is 1.27 bits per heavy atom. The van der Waals surface area contributed by atoms with Gasteiger partial charge in [0.2, 0.25) is 0 Å². The maximum atomic E-state index is 13.2. The lowest BCUT2D eigenvalue weighted by Gasteiger charge is -2.22. The maximum Gasteiger partial charge on any atom is 0.416 e. The minimum Gasteiger partial charge on any atom is -0.488 e. The quantitative estimate of drug-likeness (QED) is 0.661. The largest absolute Gasteiger partial charge is 0.488 e. The number of aliphatic imine (C=N–C) groups is 1. The summed E-state index contributed by atoms with van der Waals surface area (Å²) in [5, 5.41) is 2.74. The number of benzene rings is 1. The van der Waals surface area contributed by atoms with Crippen molar-refractivity contribution in [2.45, 2.75) is 46.0 Å². The minimum atomic E-state index is -4.48. The van der Waals surface area contributed by atoms with Crippen molar-refractivity contribution in [2.75, 3.05) is 6.54 Å². The van der Waals surface area contributed by atoms with Crippen LogP contribution in [0.2, 0.25) is 0 Å². The third-order valence-corrected chi connectivity index (χ3v) is 2.59. The number of nitrogens with zero attached hydrogens (tertiary/aromatic N) is 1. The summed E-state index contributed by atoms with van der Waals surface area (Å²) >= 11 is 0. The van der Waals surface area contributed by atoms with E-state index < -0.39 is 17.3 Å². The number of ether oxygens (including phenoxy) is 1. The molecule has 0 aromatic heterocycles. The summed E-state index contributed by atoms with van der Waals surface area (Å²) in [5.41, 5.74) is 4.25. The second-order valence-corrected chi connectivity index (χ2v) is 5.76. The van der Waals surface area contributed by atoms with Gasteiger partial charge in [-0.2, -0.15) is 13.2 Å². The highest BCUT2D eigenvalue weighted by Gasteiger charge is 2.34.